The van der Waals surface area contributed by atoms with Crippen LogP contribution in [0, 0.1) is 6.92 Å². The van der Waals surface area contributed by atoms with Gasteiger partial charge >= 0.3 is 0 Å². The Balaban J connectivity index is 1.34. The number of aryl methyl sites for hydroxylation is 1. The Bertz CT molecular complexity index is 766. The van der Waals surface area contributed by atoms with Gasteiger partial charge in [0, 0.05) is 24.5 Å². The standard InChI is InChI=1S/C17H22N6OS/c1-12-10-13(4-7-15(12)22-8-2-3-9-22)18-16(24)11-25-17-19-20-21-23(17)14-5-6-14/h4,7,10,14H,2-3,5-6,8-9,11H2,1H3,(H,18,24). The molecule has 25 heavy (non-hydrogen) atoms. The van der Waals surface area contributed by atoms with Crippen molar-refractivity contribution >= 4 is 29.0 Å². The molecule has 2 aromatic rings. The average Bonchev–Trinajstić information content (AvgIpc) is 3.10. The van der Waals surface area contributed by atoms with Gasteiger partial charge in [-0.1, -0.05) is 11.8 Å². The van der Waals surface area contributed by atoms with Gasteiger partial charge < -0.3 is 10.2 Å². The second-order valence-corrected chi connectivity index (χ2v) is 7.61. The fourth-order valence-electron chi connectivity index (χ4n) is 3.20. The summed E-state index contributed by atoms with van der Waals surface area (Å²) in [5.41, 5.74) is 3.31. The molecule has 2 heterocycles. The van der Waals surface area contributed by atoms with E-state index in [9.17, 15) is 4.79 Å². The van der Waals surface area contributed by atoms with Gasteiger partial charge in [0.25, 0.3) is 0 Å². The van der Waals surface area contributed by atoms with Crippen molar-refractivity contribution in [3.8, 4) is 0 Å². The summed E-state index contributed by atoms with van der Waals surface area (Å²) in [6, 6.07) is 6.56. The molecule has 0 bridgehead atoms. The molecule has 1 aromatic carbocycles. The summed E-state index contributed by atoms with van der Waals surface area (Å²) >= 11 is 1.38. The highest BCUT2D eigenvalue weighted by molar-refractivity contribution is 7.99. The highest BCUT2D eigenvalue weighted by Gasteiger charge is 2.28. The zero-order chi connectivity index (χ0) is 17.2. The lowest BCUT2D eigenvalue weighted by atomic mass is 10.1. The van der Waals surface area contributed by atoms with Gasteiger partial charge in [0.2, 0.25) is 11.1 Å². The number of rotatable bonds is 6. The van der Waals surface area contributed by atoms with Crippen molar-refractivity contribution in [3.63, 3.8) is 0 Å². The summed E-state index contributed by atoms with van der Waals surface area (Å²) in [7, 11) is 0. The highest BCUT2D eigenvalue weighted by Crippen LogP contribution is 2.36. The summed E-state index contributed by atoms with van der Waals surface area (Å²) in [4.78, 5) is 14.6. The van der Waals surface area contributed by atoms with E-state index in [1.165, 1.54) is 35.9 Å². The van der Waals surface area contributed by atoms with Crippen LogP contribution in [0.25, 0.3) is 0 Å². The molecule has 132 valence electrons. The Labute approximate surface area is 151 Å². The molecule has 8 heteroatoms. The van der Waals surface area contributed by atoms with Crippen LogP contribution in [0.2, 0.25) is 0 Å². The molecular formula is C17H22N6OS. The van der Waals surface area contributed by atoms with E-state index in [1.54, 1.807) is 0 Å². The maximum atomic E-state index is 12.2. The number of thioether (sulfide) groups is 1. The second-order valence-electron chi connectivity index (χ2n) is 6.67. The van der Waals surface area contributed by atoms with Crippen molar-refractivity contribution in [2.24, 2.45) is 0 Å². The first kappa shape index (κ1) is 16.4. The maximum Gasteiger partial charge on any atom is 0.234 e. The lowest BCUT2D eigenvalue weighted by Crippen LogP contribution is -2.19. The maximum absolute atomic E-state index is 12.2. The van der Waals surface area contributed by atoms with Crippen LogP contribution in [0.1, 0.15) is 37.3 Å². The third-order valence-corrected chi connectivity index (χ3v) is 5.55. The molecule has 1 aromatic heterocycles. The predicted molar refractivity (Wildman–Crippen MR) is 98.1 cm³/mol. The van der Waals surface area contributed by atoms with E-state index in [0.717, 1.165) is 36.8 Å². The Hall–Kier alpha value is -2.09. The van der Waals surface area contributed by atoms with Gasteiger partial charge in [0.15, 0.2) is 0 Å². The topological polar surface area (TPSA) is 75.9 Å². The molecule has 7 nitrogen and oxygen atoms in total. The number of amides is 1. The van der Waals surface area contributed by atoms with E-state index >= 15 is 0 Å². The van der Waals surface area contributed by atoms with E-state index < -0.39 is 0 Å². The van der Waals surface area contributed by atoms with Crippen molar-refractivity contribution in [2.45, 2.75) is 43.8 Å². The number of tetrazole rings is 1. The largest absolute Gasteiger partial charge is 0.371 e. The first-order valence-corrected chi connectivity index (χ1v) is 9.75. The molecule has 1 saturated carbocycles. The van der Waals surface area contributed by atoms with Crippen LogP contribution < -0.4 is 10.2 Å². The van der Waals surface area contributed by atoms with Crippen LogP contribution >= 0.6 is 11.8 Å². The number of carbonyl (C=O) groups is 1. The van der Waals surface area contributed by atoms with Crippen molar-refractivity contribution < 1.29 is 4.79 Å². The third kappa shape index (κ3) is 3.78. The van der Waals surface area contributed by atoms with Gasteiger partial charge in [-0.2, -0.15) is 0 Å². The number of nitrogens with zero attached hydrogens (tertiary/aromatic N) is 5. The Morgan fingerprint density at radius 3 is 2.84 bits per heavy atom. The smallest absolute Gasteiger partial charge is 0.234 e. The van der Waals surface area contributed by atoms with Crippen LogP contribution in [0.5, 0.6) is 0 Å². The lowest BCUT2D eigenvalue weighted by molar-refractivity contribution is -0.113. The summed E-state index contributed by atoms with van der Waals surface area (Å²) in [5.74, 6) is 0.267. The zero-order valence-electron chi connectivity index (χ0n) is 14.3. The van der Waals surface area contributed by atoms with Crippen LogP contribution in [-0.2, 0) is 4.79 Å². The van der Waals surface area contributed by atoms with Gasteiger partial charge in [-0.25, -0.2) is 4.68 Å². The molecule has 0 unspecified atom stereocenters. The summed E-state index contributed by atoms with van der Waals surface area (Å²) in [5, 5.41) is 15.4. The van der Waals surface area contributed by atoms with E-state index in [1.807, 2.05) is 16.8 Å². The Morgan fingerprint density at radius 1 is 1.32 bits per heavy atom. The lowest BCUT2D eigenvalue weighted by Gasteiger charge is -2.20. The minimum atomic E-state index is -0.0383. The molecule has 2 fully saturated rings. The molecule has 4 rings (SSSR count). The normalized spacial score (nSPS) is 17.1. The van der Waals surface area contributed by atoms with Gasteiger partial charge in [0.1, 0.15) is 0 Å². The molecule has 1 N–H and O–H groups in total. The molecular weight excluding hydrogens is 336 g/mol. The fraction of sp³-hybridized carbons (Fsp3) is 0.529. The first-order valence-electron chi connectivity index (χ1n) is 8.77. The third-order valence-electron chi connectivity index (χ3n) is 4.62. The van der Waals surface area contributed by atoms with Crippen molar-refractivity contribution in [3.05, 3.63) is 23.8 Å². The predicted octanol–water partition coefficient (Wildman–Crippen LogP) is 2.65. The SMILES string of the molecule is Cc1cc(NC(=O)CSc2nnnn2C2CC2)ccc1N1CCCC1. The highest BCUT2D eigenvalue weighted by atomic mass is 32.2. The molecule has 1 aliphatic carbocycles. The van der Waals surface area contributed by atoms with E-state index in [-0.39, 0.29) is 5.91 Å². The van der Waals surface area contributed by atoms with Crippen molar-refractivity contribution in [1.82, 2.24) is 20.2 Å². The molecule has 0 spiro atoms. The first-order chi connectivity index (χ1) is 12.2. The monoisotopic (exact) mass is 358 g/mol. The summed E-state index contributed by atoms with van der Waals surface area (Å²) < 4.78 is 1.83. The molecule has 1 saturated heterocycles. The van der Waals surface area contributed by atoms with Gasteiger partial charge in [-0.15, -0.1) is 5.10 Å². The van der Waals surface area contributed by atoms with Crippen LogP contribution in [-0.4, -0.2) is 45.0 Å². The quantitative estimate of drug-likeness (QED) is 0.800. The number of carbonyl (C=O) groups excluding carboxylic acids is 1. The molecule has 0 radical (unpaired) electrons. The number of aromatic nitrogens is 4. The van der Waals surface area contributed by atoms with E-state index in [2.05, 4.69) is 38.7 Å². The molecule has 0 atom stereocenters. The number of nitrogens with one attached hydrogen (secondary N) is 1. The Kier molecular flexibility index (Phi) is 4.61. The second kappa shape index (κ2) is 7.03. The summed E-state index contributed by atoms with van der Waals surface area (Å²) in [6.45, 7) is 4.35. The van der Waals surface area contributed by atoms with Crippen LogP contribution in [0.3, 0.4) is 0 Å². The van der Waals surface area contributed by atoms with Gasteiger partial charge in [-0.05, 0) is 66.8 Å². The van der Waals surface area contributed by atoms with E-state index in [4.69, 9.17) is 0 Å². The number of benzene rings is 1. The number of hydrogen-bond donors (Lipinski definition) is 1. The zero-order valence-corrected chi connectivity index (χ0v) is 15.1. The van der Waals surface area contributed by atoms with Crippen molar-refractivity contribution in [2.75, 3.05) is 29.1 Å². The number of hydrogen-bond acceptors (Lipinski definition) is 6. The number of anilines is 2. The van der Waals surface area contributed by atoms with Gasteiger partial charge in [-0.3, -0.25) is 4.79 Å². The van der Waals surface area contributed by atoms with Crippen molar-refractivity contribution in [1.29, 1.82) is 0 Å². The molecule has 1 amide bonds. The fourth-order valence-corrected chi connectivity index (χ4v) is 3.95. The minimum absolute atomic E-state index is 0.0383. The molecule has 2 aliphatic rings. The van der Waals surface area contributed by atoms with E-state index in [0.29, 0.717) is 11.8 Å². The average molecular weight is 358 g/mol. The molecule has 1 aliphatic heterocycles. The van der Waals surface area contributed by atoms with Crippen LogP contribution in [0.4, 0.5) is 11.4 Å². The minimum Gasteiger partial charge on any atom is -0.371 e. The van der Waals surface area contributed by atoms with Crippen LogP contribution in [0.15, 0.2) is 23.4 Å². The Morgan fingerprint density at radius 2 is 2.12 bits per heavy atom. The van der Waals surface area contributed by atoms with Gasteiger partial charge in [0.05, 0.1) is 11.8 Å². The summed E-state index contributed by atoms with van der Waals surface area (Å²) in [6.07, 6.45) is 4.76.